The average Bonchev–Trinajstić information content (AvgIpc) is 3.99. The second-order valence-corrected chi connectivity index (χ2v) is 16.1. The van der Waals surface area contributed by atoms with E-state index in [-0.39, 0.29) is 17.1 Å². The molecule has 0 bridgehead atoms. The number of fused-ring (bicyclic) bond motifs is 12. The Hall–Kier alpha value is -7.70. The lowest BCUT2D eigenvalue weighted by Crippen LogP contribution is -2.17. The van der Waals surface area contributed by atoms with Gasteiger partial charge in [0.1, 0.15) is 28.2 Å². The highest BCUT2D eigenvalue weighted by molar-refractivity contribution is 6.21. The Labute approximate surface area is 338 Å². The fraction of sp³-hybridized carbons (Fsp3) is 0.0566. The number of furan rings is 2. The molecule has 3 heterocycles. The summed E-state index contributed by atoms with van der Waals surface area (Å²) in [6.45, 7) is 4.48. The lowest BCUT2D eigenvalue weighted by molar-refractivity contribution is 0.660. The molecule has 0 spiro atoms. The zero-order valence-electron chi connectivity index (χ0n) is 32.4. The van der Waals surface area contributed by atoms with Gasteiger partial charge < -0.3 is 19.1 Å². The standard InChI is InChI=1S/C53H36N4O2/c1-53(2)41-17-7-3-12-33(41)34-24-22-31(27-42(34)53)51(54)56-52(55)38-16-11-21-47-50(38)40-26-30(23-25-46(40)58-47)39-28-32(29-48-49(39)37-15-6-10-20-45(37)59-48)57-43-18-8-4-13-35(43)36-14-5-9-19-44(36)57/h3-29H,1-2H3,(H3,54,55,56). The van der Waals surface area contributed by atoms with E-state index in [1.54, 1.807) is 0 Å². The molecule has 0 aliphatic heterocycles. The number of para-hydroxylation sites is 3. The molecule has 3 aromatic heterocycles. The Morgan fingerprint density at radius 1 is 0.542 bits per heavy atom. The van der Waals surface area contributed by atoms with Crippen molar-refractivity contribution in [2.24, 2.45) is 10.7 Å². The van der Waals surface area contributed by atoms with Crippen molar-refractivity contribution in [3.05, 3.63) is 186 Å². The van der Waals surface area contributed by atoms with Gasteiger partial charge in [-0.1, -0.05) is 123 Å². The van der Waals surface area contributed by atoms with Crippen molar-refractivity contribution in [3.8, 4) is 27.9 Å². The topological polar surface area (TPSA) is 93.4 Å². The van der Waals surface area contributed by atoms with Crippen molar-refractivity contribution in [1.82, 2.24) is 4.57 Å². The van der Waals surface area contributed by atoms with Gasteiger partial charge in [-0.15, -0.1) is 0 Å². The Balaban J connectivity index is 1.02. The van der Waals surface area contributed by atoms with E-state index in [1.165, 1.54) is 33.0 Å². The molecule has 0 saturated heterocycles. The highest BCUT2D eigenvalue weighted by atomic mass is 16.3. The van der Waals surface area contributed by atoms with Crippen LogP contribution in [0.2, 0.25) is 0 Å². The number of hydrogen-bond donors (Lipinski definition) is 2. The van der Waals surface area contributed by atoms with Crippen molar-refractivity contribution in [2.75, 3.05) is 0 Å². The van der Waals surface area contributed by atoms with E-state index in [0.29, 0.717) is 5.58 Å². The minimum atomic E-state index is -0.187. The Bertz CT molecular complexity index is 3580. The van der Waals surface area contributed by atoms with Crippen LogP contribution in [0.3, 0.4) is 0 Å². The van der Waals surface area contributed by atoms with Crippen LogP contribution in [0.4, 0.5) is 0 Å². The van der Waals surface area contributed by atoms with Crippen LogP contribution in [-0.4, -0.2) is 16.2 Å². The van der Waals surface area contributed by atoms with Gasteiger partial charge in [0.25, 0.3) is 0 Å². The summed E-state index contributed by atoms with van der Waals surface area (Å²) in [7, 11) is 0. The molecule has 6 nitrogen and oxygen atoms in total. The number of nitrogens with zero attached hydrogens (tertiary/aromatic N) is 2. The molecule has 59 heavy (non-hydrogen) atoms. The second kappa shape index (κ2) is 12.2. The normalized spacial score (nSPS) is 13.6. The molecule has 0 saturated carbocycles. The van der Waals surface area contributed by atoms with Crippen LogP contribution in [-0.2, 0) is 5.41 Å². The van der Waals surface area contributed by atoms with Gasteiger partial charge in [-0.3, -0.25) is 5.41 Å². The molecule has 3 N–H and O–H groups in total. The fourth-order valence-corrected chi connectivity index (χ4v) is 9.70. The van der Waals surface area contributed by atoms with E-state index in [0.717, 1.165) is 77.3 Å². The average molecular weight is 761 g/mol. The Morgan fingerprint density at radius 3 is 2.02 bits per heavy atom. The molecule has 11 aromatic rings. The highest BCUT2D eigenvalue weighted by Gasteiger charge is 2.35. The van der Waals surface area contributed by atoms with E-state index < -0.39 is 0 Å². The first-order valence-corrected chi connectivity index (χ1v) is 19.9. The zero-order valence-corrected chi connectivity index (χ0v) is 32.4. The quantitative estimate of drug-likeness (QED) is 0.138. The first-order chi connectivity index (χ1) is 28.8. The number of rotatable bonds is 4. The van der Waals surface area contributed by atoms with E-state index in [4.69, 9.17) is 25.0 Å². The molecule has 12 rings (SSSR count). The van der Waals surface area contributed by atoms with Crippen molar-refractivity contribution in [1.29, 1.82) is 5.41 Å². The summed E-state index contributed by atoms with van der Waals surface area (Å²) in [6.07, 6.45) is 0. The maximum atomic E-state index is 9.15. The van der Waals surface area contributed by atoms with Crippen molar-refractivity contribution in [3.63, 3.8) is 0 Å². The van der Waals surface area contributed by atoms with E-state index >= 15 is 0 Å². The molecular weight excluding hydrogens is 725 g/mol. The van der Waals surface area contributed by atoms with Crippen molar-refractivity contribution in [2.45, 2.75) is 19.3 Å². The van der Waals surface area contributed by atoms with Gasteiger partial charge in [0, 0.05) is 54.9 Å². The summed E-state index contributed by atoms with van der Waals surface area (Å²) < 4.78 is 15.4. The van der Waals surface area contributed by atoms with E-state index in [1.807, 2.05) is 42.5 Å². The van der Waals surface area contributed by atoms with Crippen LogP contribution in [0.1, 0.15) is 36.1 Å². The van der Waals surface area contributed by atoms with Gasteiger partial charge in [-0.25, -0.2) is 4.99 Å². The lowest BCUT2D eigenvalue weighted by atomic mass is 9.82. The minimum absolute atomic E-state index is 0.110. The SMILES string of the molecule is CC1(C)c2ccccc2-c2ccc(C(=N)N=C(N)c3cccc4oc5ccc(-c6cc(-n7c8ccccc8c8ccccc87)cc7oc8ccccc8c67)cc5c34)cc21. The molecule has 1 aliphatic carbocycles. The molecule has 0 amide bonds. The van der Waals surface area contributed by atoms with E-state index in [9.17, 15) is 0 Å². The van der Waals surface area contributed by atoms with Gasteiger partial charge in [0.15, 0.2) is 5.84 Å². The number of nitrogens with one attached hydrogen (secondary N) is 1. The summed E-state index contributed by atoms with van der Waals surface area (Å²) in [5.74, 6) is 0.368. The summed E-state index contributed by atoms with van der Waals surface area (Å²) in [4.78, 5) is 4.74. The second-order valence-electron chi connectivity index (χ2n) is 16.1. The number of nitrogens with two attached hydrogens (primary N) is 1. The summed E-state index contributed by atoms with van der Waals surface area (Å²) in [5.41, 5.74) is 21.5. The summed E-state index contributed by atoms with van der Waals surface area (Å²) in [5, 5.41) is 15.4. The molecule has 6 heteroatoms. The first kappa shape index (κ1) is 33.4. The zero-order chi connectivity index (χ0) is 39.6. The molecular formula is C53H36N4O2. The predicted molar refractivity (Wildman–Crippen MR) is 242 cm³/mol. The van der Waals surface area contributed by atoms with Crippen molar-refractivity contribution < 1.29 is 8.83 Å². The van der Waals surface area contributed by atoms with Crippen LogP contribution in [0.5, 0.6) is 0 Å². The third-order valence-corrected chi connectivity index (χ3v) is 12.5. The molecule has 0 radical (unpaired) electrons. The van der Waals surface area contributed by atoms with Crippen LogP contribution in [0, 0.1) is 5.41 Å². The number of amidine groups is 2. The Morgan fingerprint density at radius 2 is 1.20 bits per heavy atom. The third kappa shape index (κ3) is 4.80. The summed E-state index contributed by atoms with van der Waals surface area (Å²) >= 11 is 0. The maximum Gasteiger partial charge on any atom is 0.154 e. The summed E-state index contributed by atoms with van der Waals surface area (Å²) in [6, 6.07) is 56.7. The fourth-order valence-electron chi connectivity index (χ4n) is 9.70. The number of aliphatic imine (C=N–C) groups is 1. The molecule has 0 fully saturated rings. The molecule has 280 valence electrons. The van der Waals surface area contributed by atoms with E-state index in [2.05, 4.69) is 140 Å². The monoisotopic (exact) mass is 760 g/mol. The van der Waals surface area contributed by atoms with Crippen LogP contribution in [0.25, 0.3) is 93.6 Å². The first-order valence-electron chi connectivity index (χ1n) is 19.9. The largest absolute Gasteiger partial charge is 0.456 e. The molecule has 8 aromatic carbocycles. The smallest absolute Gasteiger partial charge is 0.154 e. The van der Waals surface area contributed by atoms with Crippen LogP contribution >= 0.6 is 0 Å². The van der Waals surface area contributed by atoms with Gasteiger partial charge in [-0.05, 0) is 81.9 Å². The van der Waals surface area contributed by atoms with Gasteiger partial charge in [0.2, 0.25) is 0 Å². The minimum Gasteiger partial charge on any atom is -0.456 e. The number of hydrogen-bond acceptors (Lipinski definition) is 3. The maximum absolute atomic E-state index is 9.15. The van der Waals surface area contributed by atoms with Gasteiger partial charge in [0.05, 0.1) is 16.7 Å². The molecule has 1 aliphatic rings. The predicted octanol–water partition coefficient (Wildman–Crippen LogP) is 13.3. The molecule has 0 atom stereocenters. The van der Waals surface area contributed by atoms with Crippen LogP contribution in [0.15, 0.2) is 178 Å². The van der Waals surface area contributed by atoms with Crippen molar-refractivity contribution >= 4 is 77.4 Å². The third-order valence-electron chi connectivity index (χ3n) is 12.5. The Kier molecular flexibility index (Phi) is 6.89. The number of benzene rings is 8. The number of aromatic nitrogens is 1. The van der Waals surface area contributed by atoms with Crippen LogP contribution < -0.4 is 5.73 Å². The highest BCUT2D eigenvalue weighted by Crippen LogP contribution is 2.49. The lowest BCUT2D eigenvalue weighted by Gasteiger charge is -2.21. The van der Waals surface area contributed by atoms with Gasteiger partial charge in [-0.2, -0.15) is 0 Å². The molecule has 0 unspecified atom stereocenters. The van der Waals surface area contributed by atoms with Gasteiger partial charge >= 0.3 is 0 Å².